The van der Waals surface area contributed by atoms with Crippen molar-refractivity contribution in [2.75, 3.05) is 14.2 Å². The molecule has 0 aliphatic heterocycles. The first-order chi connectivity index (χ1) is 6.17. The van der Waals surface area contributed by atoms with Gasteiger partial charge >= 0.3 is 0 Å². The fourth-order valence-corrected chi connectivity index (χ4v) is 1.07. The summed E-state index contributed by atoms with van der Waals surface area (Å²) >= 11 is 0. The highest BCUT2D eigenvalue weighted by Gasteiger charge is 2.05. The fourth-order valence-electron chi connectivity index (χ4n) is 1.07. The van der Waals surface area contributed by atoms with Gasteiger partial charge in [0.25, 0.3) is 0 Å². The lowest BCUT2D eigenvalue weighted by Crippen LogP contribution is -1.94. The van der Waals surface area contributed by atoms with Gasteiger partial charge in [-0.3, -0.25) is 0 Å². The summed E-state index contributed by atoms with van der Waals surface area (Å²) in [4.78, 5) is 0. The lowest BCUT2D eigenvalue weighted by Gasteiger charge is -2.09. The summed E-state index contributed by atoms with van der Waals surface area (Å²) in [5.74, 6) is 1.38. The molecular formula is C10H14O3. The number of aliphatic hydroxyl groups excluding tert-OH is 1. The minimum atomic E-state index is -0.510. The summed E-state index contributed by atoms with van der Waals surface area (Å²) in [5, 5.41) is 9.35. The molecule has 1 aromatic rings. The summed E-state index contributed by atoms with van der Waals surface area (Å²) in [7, 11) is 3.17. The first-order valence-electron chi connectivity index (χ1n) is 4.08. The van der Waals surface area contributed by atoms with Crippen LogP contribution in [0.3, 0.4) is 0 Å². The number of hydrogen-bond acceptors (Lipinski definition) is 3. The molecule has 1 N–H and O–H groups in total. The van der Waals surface area contributed by atoms with Crippen molar-refractivity contribution in [3.63, 3.8) is 0 Å². The second kappa shape index (κ2) is 4.14. The monoisotopic (exact) mass is 182 g/mol. The summed E-state index contributed by atoms with van der Waals surface area (Å²) in [5.41, 5.74) is 0.788. The van der Waals surface area contributed by atoms with E-state index in [1.807, 2.05) is 0 Å². The van der Waals surface area contributed by atoms with E-state index in [0.717, 1.165) is 5.56 Å². The highest BCUT2D eigenvalue weighted by atomic mass is 16.5. The van der Waals surface area contributed by atoms with Gasteiger partial charge in [-0.15, -0.1) is 0 Å². The molecule has 0 saturated carbocycles. The van der Waals surface area contributed by atoms with Gasteiger partial charge in [-0.05, 0) is 24.6 Å². The first-order valence-corrected chi connectivity index (χ1v) is 4.08. The van der Waals surface area contributed by atoms with Crippen molar-refractivity contribution in [1.29, 1.82) is 0 Å². The normalized spacial score (nSPS) is 12.3. The maximum absolute atomic E-state index is 9.35. The Bertz CT molecular complexity index is 259. The zero-order valence-electron chi connectivity index (χ0n) is 8.07. The molecule has 0 saturated heterocycles. The predicted octanol–water partition coefficient (Wildman–Crippen LogP) is 1.76. The second-order valence-corrected chi connectivity index (χ2v) is 2.82. The maximum Gasteiger partial charge on any atom is 0.122 e. The van der Waals surface area contributed by atoms with Crippen molar-refractivity contribution < 1.29 is 14.6 Å². The third kappa shape index (κ3) is 2.36. The minimum Gasteiger partial charge on any atom is -0.497 e. The van der Waals surface area contributed by atoms with Gasteiger partial charge in [-0.1, -0.05) is 0 Å². The molecule has 0 bridgehead atoms. The Morgan fingerprint density at radius 1 is 1.08 bits per heavy atom. The Hall–Kier alpha value is -1.22. The highest BCUT2D eigenvalue weighted by Crippen LogP contribution is 2.25. The fraction of sp³-hybridized carbons (Fsp3) is 0.400. The van der Waals surface area contributed by atoms with E-state index in [0.29, 0.717) is 11.5 Å². The van der Waals surface area contributed by atoms with Crippen LogP contribution in [-0.4, -0.2) is 19.3 Å². The van der Waals surface area contributed by atoms with Crippen LogP contribution in [-0.2, 0) is 0 Å². The first kappa shape index (κ1) is 9.86. The Balaban J connectivity index is 3.07. The molecule has 3 heteroatoms. The van der Waals surface area contributed by atoms with Crippen LogP contribution in [0.2, 0.25) is 0 Å². The molecule has 0 aliphatic rings. The molecule has 0 aliphatic carbocycles. The van der Waals surface area contributed by atoms with Gasteiger partial charge in [0, 0.05) is 6.07 Å². The van der Waals surface area contributed by atoms with Gasteiger partial charge in [-0.25, -0.2) is 0 Å². The molecule has 0 aromatic heterocycles. The average molecular weight is 182 g/mol. The van der Waals surface area contributed by atoms with E-state index >= 15 is 0 Å². The van der Waals surface area contributed by atoms with Gasteiger partial charge in [0.1, 0.15) is 11.5 Å². The van der Waals surface area contributed by atoms with Crippen molar-refractivity contribution in [1.82, 2.24) is 0 Å². The van der Waals surface area contributed by atoms with Gasteiger partial charge < -0.3 is 14.6 Å². The number of rotatable bonds is 3. The Morgan fingerprint density at radius 3 is 1.85 bits per heavy atom. The molecule has 0 spiro atoms. The van der Waals surface area contributed by atoms with Crippen LogP contribution in [0.4, 0.5) is 0 Å². The molecule has 0 fully saturated rings. The zero-order chi connectivity index (χ0) is 9.84. The van der Waals surface area contributed by atoms with E-state index in [2.05, 4.69) is 0 Å². The van der Waals surface area contributed by atoms with Crippen molar-refractivity contribution in [2.45, 2.75) is 13.0 Å². The Labute approximate surface area is 77.9 Å². The molecular weight excluding hydrogens is 168 g/mol. The minimum absolute atomic E-state index is 0.510. The van der Waals surface area contributed by atoms with Crippen molar-refractivity contribution in [3.8, 4) is 11.5 Å². The summed E-state index contributed by atoms with van der Waals surface area (Å²) in [6.45, 7) is 1.70. The van der Waals surface area contributed by atoms with Gasteiger partial charge in [-0.2, -0.15) is 0 Å². The van der Waals surface area contributed by atoms with E-state index in [-0.39, 0.29) is 0 Å². The SMILES string of the molecule is COc1cc(OC)cc([C@H](C)O)c1. The molecule has 0 radical (unpaired) electrons. The zero-order valence-corrected chi connectivity index (χ0v) is 8.07. The summed E-state index contributed by atoms with van der Waals surface area (Å²) in [6.07, 6.45) is -0.510. The van der Waals surface area contributed by atoms with Crippen LogP contribution in [0, 0.1) is 0 Å². The quantitative estimate of drug-likeness (QED) is 0.774. The predicted molar refractivity (Wildman–Crippen MR) is 50.2 cm³/mol. The lowest BCUT2D eigenvalue weighted by atomic mass is 10.1. The van der Waals surface area contributed by atoms with Crippen LogP contribution in [0.5, 0.6) is 11.5 Å². The molecule has 1 atom stereocenters. The number of benzene rings is 1. The van der Waals surface area contributed by atoms with Crippen molar-refractivity contribution >= 4 is 0 Å². The smallest absolute Gasteiger partial charge is 0.122 e. The highest BCUT2D eigenvalue weighted by molar-refractivity contribution is 5.39. The summed E-state index contributed by atoms with van der Waals surface area (Å²) < 4.78 is 10.1. The summed E-state index contributed by atoms with van der Waals surface area (Å²) in [6, 6.07) is 5.34. The van der Waals surface area contributed by atoms with Gasteiger partial charge in [0.2, 0.25) is 0 Å². The van der Waals surface area contributed by atoms with Gasteiger partial charge in [0.15, 0.2) is 0 Å². The van der Waals surface area contributed by atoms with E-state index < -0.39 is 6.10 Å². The average Bonchev–Trinajstić information content (AvgIpc) is 2.16. The second-order valence-electron chi connectivity index (χ2n) is 2.82. The van der Waals surface area contributed by atoms with Crippen LogP contribution in [0.25, 0.3) is 0 Å². The van der Waals surface area contributed by atoms with Gasteiger partial charge in [0.05, 0.1) is 20.3 Å². The van der Waals surface area contributed by atoms with Crippen LogP contribution < -0.4 is 9.47 Å². The van der Waals surface area contributed by atoms with Crippen LogP contribution in [0.1, 0.15) is 18.6 Å². The lowest BCUT2D eigenvalue weighted by molar-refractivity contribution is 0.198. The molecule has 0 unspecified atom stereocenters. The van der Waals surface area contributed by atoms with E-state index in [4.69, 9.17) is 9.47 Å². The standard InChI is InChI=1S/C10H14O3/c1-7(11)8-4-9(12-2)6-10(5-8)13-3/h4-7,11H,1-3H3/t7-/m0/s1. The molecule has 0 amide bonds. The number of methoxy groups -OCH3 is 2. The Kier molecular flexibility index (Phi) is 3.14. The van der Waals surface area contributed by atoms with Crippen molar-refractivity contribution in [2.24, 2.45) is 0 Å². The number of ether oxygens (including phenoxy) is 2. The third-order valence-corrected chi connectivity index (χ3v) is 1.86. The van der Waals surface area contributed by atoms with E-state index in [1.54, 1.807) is 39.3 Å². The number of hydrogen-bond donors (Lipinski definition) is 1. The molecule has 72 valence electrons. The maximum atomic E-state index is 9.35. The largest absolute Gasteiger partial charge is 0.497 e. The Morgan fingerprint density at radius 2 is 1.54 bits per heavy atom. The van der Waals surface area contributed by atoms with Crippen LogP contribution in [0.15, 0.2) is 18.2 Å². The molecule has 13 heavy (non-hydrogen) atoms. The molecule has 1 aromatic carbocycles. The topological polar surface area (TPSA) is 38.7 Å². The third-order valence-electron chi connectivity index (χ3n) is 1.86. The molecule has 0 heterocycles. The van der Waals surface area contributed by atoms with Crippen LogP contribution >= 0.6 is 0 Å². The molecule has 3 nitrogen and oxygen atoms in total. The van der Waals surface area contributed by atoms with E-state index in [9.17, 15) is 5.11 Å². The number of aliphatic hydroxyl groups is 1. The van der Waals surface area contributed by atoms with Crippen molar-refractivity contribution in [3.05, 3.63) is 23.8 Å². The molecule has 1 rings (SSSR count). The van der Waals surface area contributed by atoms with E-state index in [1.165, 1.54) is 0 Å².